The summed E-state index contributed by atoms with van der Waals surface area (Å²) in [7, 11) is 2.61. The lowest BCUT2D eigenvalue weighted by Crippen LogP contribution is -1.94. The minimum Gasteiger partial charge on any atom is -0.493 e. The van der Waals surface area contributed by atoms with Gasteiger partial charge in [0.05, 0.1) is 24.4 Å². The van der Waals surface area contributed by atoms with Crippen LogP contribution < -0.4 is 9.47 Å². The highest BCUT2D eigenvalue weighted by molar-refractivity contribution is 9.10. The van der Waals surface area contributed by atoms with Crippen LogP contribution in [0.4, 0.5) is 10.1 Å². The molecule has 5 nitrogen and oxygen atoms in total. The van der Waals surface area contributed by atoms with Gasteiger partial charge >= 0.3 is 0 Å². The summed E-state index contributed by atoms with van der Waals surface area (Å²) in [5, 5.41) is 3.30. The van der Waals surface area contributed by atoms with Gasteiger partial charge in [-0.15, -0.1) is 0 Å². The molecule has 1 aromatic rings. The predicted molar refractivity (Wildman–Crippen MR) is 56.0 cm³/mol. The molecular weight excluding hydrogens is 269 g/mol. The molecule has 1 aromatic carbocycles. The Morgan fingerprint density at radius 2 is 2.00 bits per heavy atom. The van der Waals surface area contributed by atoms with Crippen molar-refractivity contribution in [2.75, 3.05) is 14.2 Å². The summed E-state index contributed by atoms with van der Waals surface area (Å²) in [6.45, 7) is 0. The summed E-state index contributed by atoms with van der Waals surface area (Å²) >= 11 is 3.09. The third-order valence-corrected chi connectivity index (χ3v) is 2.26. The molecule has 7 heteroatoms. The van der Waals surface area contributed by atoms with E-state index in [-0.39, 0.29) is 17.2 Å². The van der Waals surface area contributed by atoms with E-state index in [1.54, 1.807) is 0 Å². The van der Waals surface area contributed by atoms with E-state index in [4.69, 9.17) is 15.0 Å². The van der Waals surface area contributed by atoms with Gasteiger partial charge in [0.15, 0.2) is 11.5 Å². The fourth-order valence-electron chi connectivity index (χ4n) is 1.08. The lowest BCUT2D eigenvalue weighted by Gasteiger charge is -2.10. The molecule has 0 fully saturated rings. The fraction of sp³-hybridized carbons (Fsp3) is 0.250. The Hall–Kier alpha value is -1.46. The SMILES string of the molecule is COc1c(Br)cc(N=[N+]=[N-])c(OC)c1F. The maximum atomic E-state index is 13.7. The standard InChI is InChI=1S/C8H7BrFN3O2/c1-14-7-4(9)3-5(12-13-11)8(15-2)6(7)10/h3H,1-2H3. The van der Waals surface area contributed by atoms with Crippen LogP contribution in [0.3, 0.4) is 0 Å². The molecule has 0 aliphatic rings. The third kappa shape index (κ3) is 2.14. The van der Waals surface area contributed by atoms with Gasteiger partial charge in [-0.05, 0) is 27.5 Å². The van der Waals surface area contributed by atoms with E-state index >= 15 is 0 Å². The number of methoxy groups -OCH3 is 2. The molecule has 0 unspecified atom stereocenters. The highest BCUT2D eigenvalue weighted by atomic mass is 79.9. The molecule has 0 saturated carbocycles. The van der Waals surface area contributed by atoms with Crippen molar-refractivity contribution in [3.8, 4) is 11.5 Å². The summed E-state index contributed by atoms with van der Waals surface area (Å²) in [5.74, 6) is -0.853. The van der Waals surface area contributed by atoms with Crippen LogP contribution in [0.5, 0.6) is 11.5 Å². The Balaban J connectivity index is 3.50. The van der Waals surface area contributed by atoms with Crippen LogP contribution in [0.15, 0.2) is 15.7 Å². The molecule has 0 radical (unpaired) electrons. The van der Waals surface area contributed by atoms with Crippen LogP contribution >= 0.6 is 15.9 Å². The first-order chi connectivity index (χ1) is 7.15. The van der Waals surface area contributed by atoms with Crippen LogP contribution in [0.1, 0.15) is 0 Å². The van der Waals surface area contributed by atoms with Crippen molar-refractivity contribution in [1.82, 2.24) is 0 Å². The number of hydrogen-bond acceptors (Lipinski definition) is 3. The van der Waals surface area contributed by atoms with Crippen molar-refractivity contribution < 1.29 is 13.9 Å². The van der Waals surface area contributed by atoms with Crippen molar-refractivity contribution in [2.45, 2.75) is 0 Å². The van der Waals surface area contributed by atoms with Crippen molar-refractivity contribution in [1.29, 1.82) is 0 Å². The van der Waals surface area contributed by atoms with Gasteiger partial charge < -0.3 is 9.47 Å². The average Bonchev–Trinajstić information content (AvgIpc) is 2.19. The topological polar surface area (TPSA) is 67.2 Å². The fourth-order valence-corrected chi connectivity index (χ4v) is 1.63. The smallest absolute Gasteiger partial charge is 0.208 e. The lowest BCUT2D eigenvalue weighted by atomic mass is 10.2. The number of ether oxygens (including phenoxy) is 2. The second-order valence-electron chi connectivity index (χ2n) is 2.45. The molecule has 0 aliphatic heterocycles. The van der Waals surface area contributed by atoms with E-state index in [0.717, 1.165) is 0 Å². The molecule has 0 aliphatic carbocycles. The monoisotopic (exact) mass is 275 g/mol. The second kappa shape index (κ2) is 4.86. The molecule has 0 atom stereocenters. The van der Waals surface area contributed by atoms with E-state index in [9.17, 15) is 4.39 Å². The summed E-state index contributed by atoms with van der Waals surface area (Å²) < 4.78 is 23.6. The maximum Gasteiger partial charge on any atom is 0.208 e. The van der Waals surface area contributed by atoms with Crippen molar-refractivity contribution >= 4 is 21.6 Å². The molecule has 80 valence electrons. The van der Waals surface area contributed by atoms with Gasteiger partial charge in [0, 0.05) is 4.91 Å². The summed E-state index contributed by atoms with van der Waals surface area (Å²) in [4.78, 5) is 2.57. The van der Waals surface area contributed by atoms with Crippen molar-refractivity contribution in [3.05, 3.63) is 26.8 Å². The first-order valence-electron chi connectivity index (χ1n) is 3.80. The number of azide groups is 1. The first kappa shape index (κ1) is 11.6. The van der Waals surface area contributed by atoms with E-state index < -0.39 is 5.82 Å². The van der Waals surface area contributed by atoms with E-state index in [0.29, 0.717) is 4.47 Å². The van der Waals surface area contributed by atoms with Crippen LogP contribution in [0, 0.1) is 5.82 Å². The minimum atomic E-state index is -0.711. The average molecular weight is 276 g/mol. The van der Waals surface area contributed by atoms with E-state index in [1.165, 1.54) is 20.3 Å². The number of halogens is 2. The number of nitrogens with zero attached hydrogens (tertiary/aromatic N) is 3. The number of hydrogen-bond donors (Lipinski definition) is 0. The van der Waals surface area contributed by atoms with Gasteiger partial charge in [-0.2, -0.15) is 4.39 Å². The second-order valence-corrected chi connectivity index (χ2v) is 3.30. The van der Waals surface area contributed by atoms with E-state index in [1.807, 2.05) is 0 Å². The molecule has 0 saturated heterocycles. The van der Waals surface area contributed by atoms with Crippen LogP contribution in [-0.2, 0) is 0 Å². The van der Waals surface area contributed by atoms with Crippen LogP contribution in [0.25, 0.3) is 10.4 Å². The minimum absolute atomic E-state index is 0.00346. The maximum absolute atomic E-state index is 13.7. The zero-order valence-electron chi connectivity index (χ0n) is 7.99. The van der Waals surface area contributed by atoms with Crippen molar-refractivity contribution in [2.24, 2.45) is 5.11 Å². The van der Waals surface area contributed by atoms with Gasteiger partial charge in [0.25, 0.3) is 0 Å². The third-order valence-electron chi connectivity index (χ3n) is 1.67. The van der Waals surface area contributed by atoms with Gasteiger partial charge in [0.2, 0.25) is 5.82 Å². The molecule has 0 aromatic heterocycles. The molecule has 0 spiro atoms. The Labute approximate surface area is 93.6 Å². The normalized spacial score (nSPS) is 9.33. The summed E-state index contributed by atoms with van der Waals surface area (Å²) in [6, 6.07) is 1.42. The Bertz CT molecular complexity index is 432. The highest BCUT2D eigenvalue weighted by Gasteiger charge is 2.17. The van der Waals surface area contributed by atoms with Gasteiger partial charge in [-0.3, -0.25) is 0 Å². The first-order valence-corrected chi connectivity index (χ1v) is 4.60. The van der Waals surface area contributed by atoms with Gasteiger partial charge in [-0.25, -0.2) is 0 Å². The molecule has 0 heterocycles. The van der Waals surface area contributed by atoms with Crippen molar-refractivity contribution in [3.63, 3.8) is 0 Å². The molecule has 15 heavy (non-hydrogen) atoms. The zero-order valence-corrected chi connectivity index (χ0v) is 9.58. The molecular formula is C8H7BrFN3O2. The zero-order chi connectivity index (χ0) is 11.4. The lowest BCUT2D eigenvalue weighted by molar-refractivity contribution is 0.349. The largest absolute Gasteiger partial charge is 0.493 e. The molecule has 0 bridgehead atoms. The number of benzene rings is 1. The predicted octanol–water partition coefficient (Wildman–Crippen LogP) is 3.55. The quantitative estimate of drug-likeness (QED) is 0.481. The summed E-state index contributed by atoms with van der Waals surface area (Å²) in [5.41, 5.74) is 8.34. The molecule has 1 rings (SSSR count). The van der Waals surface area contributed by atoms with Gasteiger partial charge in [-0.1, -0.05) is 5.11 Å². The van der Waals surface area contributed by atoms with Gasteiger partial charge in [0.1, 0.15) is 0 Å². The van der Waals surface area contributed by atoms with Crippen LogP contribution in [-0.4, -0.2) is 14.2 Å². The van der Waals surface area contributed by atoms with E-state index in [2.05, 4.69) is 26.0 Å². The highest BCUT2D eigenvalue weighted by Crippen LogP contribution is 2.41. The van der Waals surface area contributed by atoms with Crippen LogP contribution in [0.2, 0.25) is 0 Å². The number of rotatable bonds is 3. The Morgan fingerprint density at radius 3 is 2.47 bits per heavy atom. The molecule has 0 N–H and O–H groups in total. The molecule has 0 amide bonds. The Kier molecular flexibility index (Phi) is 3.76. The Morgan fingerprint density at radius 1 is 1.40 bits per heavy atom. The summed E-state index contributed by atoms with van der Waals surface area (Å²) in [6.07, 6.45) is 0.